The van der Waals surface area contributed by atoms with Gasteiger partial charge in [0.05, 0.1) is 39.9 Å². The second kappa shape index (κ2) is 60.5. The predicted octanol–water partition coefficient (Wildman–Crippen LogP) is 21.4. The highest BCUT2D eigenvalue weighted by atomic mass is 31.2. The van der Waals surface area contributed by atoms with Crippen molar-refractivity contribution in [3.05, 3.63) is 72.9 Å². The Hall–Kier alpha value is -2.06. The summed E-state index contributed by atoms with van der Waals surface area (Å²) in [5, 5.41) is 14.0. The number of phosphoric acid groups is 1. The lowest BCUT2D eigenvalue weighted by Gasteiger charge is -2.25. The average molecular weight is 1130 g/mol. The fraction of sp³-hybridized carbons (Fsp3) is 0.814. The zero-order chi connectivity index (χ0) is 57.7. The van der Waals surface area contributed by atoms with Gasteiger partial charge in [-0.15, -0.1) is 0 Å². The summed E-state index contributed by atoms with van der Waals surface area (Å²) in [6.45, 7) is 4.74. The van der Waals surface area contributed by atoms with Crippen LogP contribution >= 0.6 is 7.82 Å². The molecule has 8 nitrogen and oxygen atoms in total. The van der Waals surface area contributed by atoms with E-state index < -0.39 is 20.0 Å². The van der Waals surface area contributed by atoms with E-state index in [4.69, 9.17) is 9.05 Å². The number of nitrogens with zero attached hydrogens (tertiary/aromatic N) is 1. The van der Waals surface area contributed by atoms with Gasteiger partial charge in [-0.3, -0.25) is 13.8 Å². The first-order valence-electron chi connectivity index (χ1n) is 33.8. The van der Waals surface area contributed by atoms with Crippen molar-refractivity contribution in [1.29, 1.82) is 0 Å². The van der Waals surface area contributed by atoms with E-state index in [9.17, 15) is 19.4 Å². The number of nitrogens with one attached hydrogen (secondary N) is 1. The van der Waals surface area contributed by atoms with E-state index in [0.717, 1.165) is 70.6 Å². The van der Waals surface area contributed by atoms with Crippen molar-refractivity contribution >= 4 is 13.7 Å². The highest BCUT2D eigenvalue weighted by Crippen LogP contribution is 2.43. The summed E-state index contributed by atoms with van der Waals surface area (Å²) >= 11 is 0. The van der Waals surface area contributed by atoms with E-state index in [1.54, 1.807) is 6.08 Å². The minimum Gasteiger partial charge on any atom is -0.387 e. The number of carbonyl (C=O) groups excluding carboxylic acids is 1. The molecular formula is C70H132N2O6P+. The lowest BCUT2D eigenvalue weighted by atomic mass is 10.0. The predicted molar refractivity (Wildman–Crippen MR) is 346 cm³/mol. The number of rotatable bonds is 62. The van der Waals surface area contributed by atoms with Crippen LogP contribution in [0.25, 0.3) is 0 Å². The molecule has 3 atom stereocenters. The first-order chi connectivity index (χ1) is 38.5. The maximum atomic E-state index is 13.0. The third-order valence-corrected chi connectivity index (χ3v) is 16.2. The molecule has 3 N–H and O–H groups in total. The standard InChI is InChI=1S/C70H131N2O6P/c1-6-8-10-12-14-16-18-20-22-24-26-28-29-30-31-32-33-34-35-36-37-38-39-40-41-42-43-44-46-48-50-52-54-56-58-60-62-64-70(74)71-68(67-78-79(75,76)77-66-65-72(3,4)5)69(73)63-61-59-57-55-53-51-49-47-45-27-25-23-21-19-17-15-13-11-9-7-2/h8,10,14,16,20,22,26,28,30-31,61,63,68-69,73H,6-7,9,11-13,15,17-19,21,23-25,27,29,32-60,62,64-67H2,1-5H3,(H-,71,74,75,76)/p+1/b10-8-,16-14-,22-20-,28-26-,31-30-,63-61+. The van der Waals surface area contributed by atoms with Crippen LogP contribution in [0.1, 0.15) is 316 Å². The third-order valence-electron chi connectivity index (χ3n) is 15.2. The number of hydrogen-bond acceptors (Lipinski definition) is 5. The molecule has 0 aliphatic carbocycles. The summed E-state index contributed by atoms with van der Waals surface area (Å²) in [5.74, 6) is -0.172. The van der Waals surface area contributed by atoms with E-state index in [-0.39, 0.29) is 19.1 Å². The van der Waals surface area contributed by atoms with Gasteiger partial charge in [0.15, 0.2) is 0 Å². The first kappa shape index (κ1) is 76.9. The number of likely N-dealkylation sites (N-methyl/N-ethyl adjacent to an activating group) is 1. The van der Waals surface area contributed by atoms with E-state index >= 15 is 0 Å². The van der Waals surface area contributed by atoms with Gasteiger partial charge in [-0.05, 0) is 64.2 Å². The molecule has 0 rings (SSSR count). The van der Waals surface area contributed by atoms with Gasteiger partial charge in [-0.25, -0.2) is 4.57 Å². The molecule has 0 saturated heterocycles. The Balaban J connectivity index is 4.00. The summed E-state index contributed by atoms with van der Waals surface area (Å²) in [4.78, 5) is 23.4. The SMILES string of the molecule is CC/C=C\C/C=C\C/C=C\C/C=C\C/C=C\CCCCCCCCCCCCCCCCCCCCCCCC(=O)NC(COP(=O)(O)OCC[N+](C)(C)C)C(O)/C=C/CCCCCCCCCCCCCCCCCCCC. The Labute approximate surface area is 491 Å². The number of aliphatic hydroxyl groups is 1. The van der Waals surface area contributed by atoms with Crippen LogP contribution < -0.4 is 5.32 Å². The molecule has 0 aliphatic rings. The Morgan fingerprint density at radius 1 is 0.443 bits per heavy atom. The molecule has 0 aromatic heterocycles. The molecule has 0 radical (unpaired) electrons. The normalized spacial score (nSPS) is 14.2. The molecule has 79 heavy (non-hydrogen) atoms. The lowest BCUT2D eigenvalue weighted by molar-refractivity contribution is -0.870. The van der Waals surface area contributed by atoms with Crippen LogP contribution in [0.5, 0.6) is 0 Å². The highest BCUT2D eigenvalue weighted by molar-refractivity contribution is 7.47. The van der Waals surface area contributed by atoms with Crippen molar-refractivity contribution in [2.24, 2.45) is 0 Å². The summed E-state index contributed by atoms with van der Waals surface area (Å²) in [5.41, 5.74) is 0. The van der Waals surface area contributed by atoms with Crippen molar-refractivity contribution in [3.63, 3.8) is 0 Å². The van der Waals surface area contributed by atoms with Crippen LogP contribution in [0, 0.1) is 0 Å². The molecule has 9 heteroatoms. The number of hydrogen-bond donors (Lipinski definition) is 3. The van der Waals surface area contributed by atoms with Crippen LogP contribution in [-0.4, -0.2) is 73.4 Å². The van der Waals surface area contributed by atoms with Crippen LogP contribution in [-0.2, 0) is 18.4 Å². The van der Waals surface area contributed by atoms with Gasteiger partial charge in [0.25, 0.3) is 0 Å². The molecule has 3 unspecified atom stereocenters. The Kier molecular flexibility index (Phi) is 59.0. The van der Waals surface area contributed by atoms with Crippen molar-refractivity contribution in [3.8, 4) is 0 Å². The van der Waals surface area contributed by atoms with Crippen LogP contribution in [0.4, 0.5) is 0 Å². The molecular weight excluding hydrogens is 996 g/mol. The molecule has 0 aliphatic heterocycles. The highest BCUT2D eigenvalue weighted by Gasteiger charge is 2.28. The van der Waals surface area contributed by atoms with Gasteiger partial charge in [0, 0.05) is 6.42 Å². The maximum absolute atomic E-state index is 13.0. The third kappa shape index (κ3) is 63.4. The van der Waals surface area contributed by atoms with Crippen molar-refractivity contribution < 1.29 is 32.9 Å². The fourth-order valence-corrected chi connectivity index (χ4v) is 10.7. The Bertz CT molecular complexity index is 1520. The molecule has 0 aromatic carbocycles. The Morgan fingerprint density at radius 2 is 0.759 bits per heavy atom. The van der Waals surface area contributed by atoms with Gasteiger partial charge in [0.1, 0.15) is 13.2 Å². The summed E-state index contributed by atoms with van der Waals surface area (Å²) in [7, 11) is 1.58. The smallest absolute Gasteiger partial charge is 0.387 e. The topological polar surface area (TPSA) is 105 Å². The maximum Gasteiger partial charge on any atom is 0.472 e. The monoisotopic (exact) mass is 1130 g/mol. The van der Waals surface area contributed by atoms with Crippen LogP contribution in [0.3, 0.4) is 0 Å². The van der Waals surface area contributed by atoms with Gasteiger partial charge >= 0.3 is 7.82 Å². The first-order valence-corrected chi connectivity index (χ1v) is 35.3. The molecule has 0 aromatic rings. The van der Waals surface area contributed by atoms with Gasteiger partial charge in [0.2, 0.25) is 5.91 Å². The molecule has 0 saturated carbocycles. The number of phosphoric ester groups is 1. The summed E-state index contributed by atoms with van der Waals surface area (Å²) in [6, 6.07) is -0.848. The van der Waals surface area contributed by atoms with Crippen LogP contribution in [0.2, 0.25) is 0 Å². The average Bonchev–Trinajstić information content (AvgIpc) is 3.42. The molecule has 0 bridgehead atoms. The number of quaternary nitrogens is 1. The summed E-state index contributed by atoms with van der Waals surface area (Å²) < 4.78 is 23.8. The van der Waals surface area contributed by atoms with Crippen molar-refractivity contribution in [1.82, 2.24) is 5.32 Å². The zero-order valence-corrected chi connectivity index (χ0v) is 53.8. The van der Waals surface area contributed by atoms with Crippen LogP contribution in [0.15, 0.2) is 72.9 Å². The molecule has 462 valence electrons. The number of unbranched alkanes of at least 4 members (excludes halogenated alkanes) is 39. The van der Waals surface area contributed by atoms with E-state index in [2.05, 4.69) is 79.9 Å². The molecule has 1 amide bonds. The molecule has 0 heterocycles. The quantitative estimate of drug-likeness (QED) is 0.0243. The van der Waals surface area contributed by atoms with Crippen molar-refractivity contribution in [2.45, 2.75) is 328 Å². The van der Waals surface area contributed by atoms with Gasteiger partial charge < -0.3 is 19.8 Å². The number of allylic oxidation sites excluding steroid dienone is 11. The van der Waals surface area contributed by atoms with E-state index in [1.807, 2.05) is 27.2 Å². The second-order valence-electron chi connectivity index (χ2n) is 24.2. The van der Waals surface area contributed by atoms with Crippen molar-refractivity contribution in [2.75, 3.05) is 40.9 Å². The Morgan fingerprint density at radius 3 is 1.11 bits per heavy atom. The minimum atomic E-state index is -4.35. The van der Waals surface area contributed by atoms with Gasteiger partial charge in [-0.1, -0.05) is 318 Å². The minimum absolute atomic E-state index is 0.0619. The number of carbonyl (C=O) groups is 1. The largest absolute Gasteiger partial charge is 0.472 e. The number of aliphatic hydroxyl groups excluding tert-OH is 1. The number of amides is 1. The molecule has 0 spiro atoms. The lowest BCUT2D eigenvalue weighted by Crippen LogP contribution is -2.45. The fourth-order valence-electron chi connectivity index (χ4n) is 9.96. The molecule has 0 fully saturated rings. The zero-order valence-electron chi connectivity index (χ0n) is 52.9. The summed E-state index contributed by atoms with van der Waals surface area (Å²) in [6.07, 6.45) is 84.7. The van der Waals surface area contributed by atoms with E-state index in [0.29, 0.717) is 17.4 Å². The second-order valence-corrected chi connectivity index (χ2v) is 25.6. The van der Waals surface area contributed by atoms with Gasteiger partial charge in [-0.2, -0.15) is 0 Å². The van der Waals surface area contributed by atoms with E-state index in [1.165, 1.54) is 225 Å².